The van der Waals surface area contributed by atoms with Gasteiger partial charge in [0.1, 0.15) is 0 Å². The van der Waals surface area contributed by atoms with Crippen LogP contribution in [-0.2, 0) is 9.53 Å². The van der Waals surface area contributed by atoms with E-state index in [-0.39, 0.29) is 0 Å². The van der Waals surface area contributed by atoms with Crippen LogP contribution in [0.3, 0.4) is 0 Å². The van der Waals surface area contributed by atoms with Crippen LogP contribution >= 0.6 is 0 Å². The zero-order chi connectivity index (χ0) is 13.7. The Morgan fingerprint density at radius 2 is 1.37 bits per heavy atom. The standard InChI is InChI=1S/C16H15FO2/c1-19-16(18)15(17)14(12-8-4-2-5-9-12)13-10-6-3-7-11-13/h2-11,14-15H,1H3. The number of ether oxygens (including phenoxy) is 1. The fraction of sp³-hybridized carbons (Fsp3) is 0.188. The van der Waals surface area contributed by atoms with Crippen molar-refractivity contribution in [3.8, 4) is 0 Å². The molecule has 98 valence electrons. The summed E-state index contributed by atoms with van der Waals surface area (Å²) < 4.78 is 18.9. The van der Waals surface area contributed by atoms with E-state index in [9.17, 15) is 9.18 Å². The number of benzene rings is 2. The van der Waals surface area contributed by atoms with Gasteiger partial charge in [0.05, 0.1) is 13.0 Å². The van der Waals surface area contributed by atoms with Crippen LogP contribution in [0.2, 0.25) is 0 Å². The first-order valence-corrected chi connectivity index (χ1v) is 6.06. The second-order valence-electron chi connectivity index (χ2n) is 4.22. The Kier molecular flexibility index (Phi) is 4.29. The van der Waals surface area contributed by atoms with Gasteiger partial charge in [-0.25, -0.2) is 9.18 Å². The smallest absolute Gasteiger partial charge is 0.341 e. The van der Waals surface area contributed by atoms with Gasteiger partial charge in [0, 0.05) is 0 Å². The van der Waals surface area contributed by atoms with E-state index in [2.05, 4.69) is 4.74 Å². The first-order valence-electron chi connectivity index (χ1n) is 6.06. The minimum absolute atomic E-state index is 0.644. The number of halogens is 1. The van der Waals surface area contributed by atoms with Crippen LogP contribution in [0.15, 0.2) is 60.7 Å². The van der Waals surface area contributed by atoms with Crippen LogP contribution in [0, 0.1) is 0 Å². The molecule has 1 atom stereocenters. The molecule has 0 bridgehead atoms. The first-order chi connectivity index (χ1) is 9.24. The van der Waals surface area contributed by atoms with Gasteiger partial charge in [0.2, 0.25) is 6.17 Å². The molecule has 2 nitrogen and oxygen atoms in total. The number of methoxy groups -OCH3 is 1. The second kappa shape index (κ2) is 6.14. The Hall–Kier alpha value is -2.16. The van der Waals surface area contributed by atoms with Crippen LogP contribution in [0.25, 0.3) is 0 Å². The first kappa shape index (κ1) is 13.3. The van der Waals surface area contributed by atoms with Crippen LogP contribution in [0.4, 0.5) is 4.39 Å². The van der Waals surface area contributed by atoms with Gasteiger partial charge in [-0.05, 0) is 11.1 Å². The van der Waals surface area contributed by atoms with Gasteiger partial charge in [-0.1, -0.05) is 60.7 Å². The quantitative estimate of drug-likeness (QED) is 0.786. The number of rotatable bonds is 4. The molecule has 0 saturated carbocycles. The SMILES string of the molecule is COC(=O)C(F)C(c1ccccc1)c1ccccc1. The molecule has 0 saturated heterocycles. The Labute approximate surface area is 111 Å². The van der Waals surface area contributed by atoms with Crippen LogP contribution in [0.1, 0.15) is 17.0 Å². The van der Waals surface area contributed by atoms with Crippen molar-refractivity contribution in [3.05, 3.63) is 71.8 Å². The van der Waals surface area contributed by atoms with Gasteiger partial charge in [-0.15, -0.1) is 0 Å². The van der Waals surface area contributed by atoms with Crippen molar-refractivity contribution in [3.63, 3.8) is 0 Å². The van der Waals surface area contributed by atoms with Gasteiger partial charge >= 0.3 is 5.97 Å². The zero-order valence-electron chi connectivity index (χ0n) is 10.6. The number of hydrogen-bond donors (Lipinski definition) is 0. The Bertz CT molecular complexity index is 485. The zero-order valence-corrected chi connectivity index (χ0v) is 10.6. The molecule has 0 aliphatic heterocycles. The molecule has 0 aliphatic rings. The molecule has 0 aromatic heterocycles. The van der Waals surface area contributed by atoms with Gasteiger partial charge < -0.3 is 4.74 Å². The lowest BCUT2D eigenvalue weighted by Crippen LogP contribution is -2.26. The lowest BCUT2D eigenvalue weighted by atomic mass is 9.87. The molecule has 0 N–H and O–H groups in total. The molecular weight excluding hydrogens is 243 g/mol. The van der Waals surface area contributed by atoms with E-state index >= 15 is 0 Å². The van der Waals surface area contributed by atoms with Crippen molar-refractivity contribution in [2.75, 3.05) is 7.11 Å². The maximum atomic E-state index is 14.4. The van der Waals surface area contributed by atoms with E-state index in [0.29, 0.717) is 0 Å². The maximum Gasteiger partial charge on any atom is 0.341 e. The Morgan fingerprint density at radius 3 is 1.74 bits per heavy atom. The molecule has 0 spiro atoms. The van der Waals surface area contributed by atoms with Crippen LogP contribution in [-0.4, -0.2) is 19.3 Å². The number of carbonyl (C=O) groups excluding carboxylic acids is 1. The summed E-state index contributed by atoms with van der Waals surface area (Å²) in [6, 6.07) is 18.3. The monoisotopic (exact) mass is 258 g/mol. The van der Waals surface area contributed by atoms with Crippen molar-refractivity contribution in [1.82, 2.24) is 0 Å². The molecule has 1 unspecified atom stereocenters. The molecular formula is C16H15FO2. The van der Waals surface area contributed by atoms with Gasteiger partial charge in [0.15, 0.2) is 0 Å². The number of carbonyl (C=O) groups is 1. The topological polar surface area (TPSA) is 26.3 Å². The van der Waals surface area contributed by atoms with E-state index in [1.165, 1.54) is 7.11 Å². The third kappa shape index (κ3) is 2.99. The molecule has 0 fully saturated rings. The normalized spacial score (nSPS) is 12.2. The number of hydrogen-bond acceptors (Lipinski definition) is 2. The average Bonchev–Trinajstić information content (AvgIpc) is 2.49. The van der Waals surface area contributed by atoms with Crippen LogP contribution < -0.4 is 0 Å². The molecule has 0 aliphatic carbocycles. The second-order valence-corrected chi connectivity index (χ2v) is 4.22. The summed E-state index contributed by atoms with van der Waals surface area (Å²) in [6.45, 7) is 0. The summed E-state index contributed by atoms with van der Waals surface area (Å²) in [6.07, 6.45) is -1.71. The van der Waals surface area contributed by atoms with Crippen molar-refractivity contribution in [1.29, 1.82) is 0 Å². The minimum Gasteiger partial charge on any atom is -0.467 e. The summed E-state index contributed by atoms with van der Waals surface area (Å²) in [7, 11) is 1.20. The fourth-order valence-electron chi connectivity index (χ4n) is 2.10. The molecule has 2 aromatic rings. The van der Waals surface area contributed by atoms with Gasteiger partial charge in [-0.2, -0.15) is 0 Å². The van der Waals surface area contributed by atoms with E-state index in [4.69, 9.17) is 0 Å². The van der Waals surface area contributed by atoms with Crippen molar-refractivity contribution >= 4 is 5.97 Å². The van der Waals surface area contributed by atoms with Gasteiger partial charge in [0.25, 0.3) is 0 Å². The van der Waals surface area contributed by atoms with E-state index in [1.54, 1.807) is 0 Å². The summed E-state index contributed by atoms with van der Waals surface area (Å²) in [4.78, 5) is 11.5. The van der Waals surface area contributed by atoms with Crippen molar-refractivity contribution in [2.24, 2.45) is 0 Å². The summed E-state index contributed by atoms with van der Waals surface area (Å²) in [5.74, 6) is -1.49. The summed E-state index contributed by atoms with van der Waals surface area (Å²) >= 11 is 0. The van der Waals surface area contributed by atoms with Crippen molar-refractivity contribution in [2.45, 2.75) is 12.1 Å². The highest BCUT2D eigenvalue weighted by Gasteiger charge is 2.31. The molecule has 0 radical (unpaired) electrons. The highest BCUT2D eigenvalue weighted by molar-refractivity contribution is 5.76. The lowest BCUT2D eigenvalue weighted by Gasteiger charge is -2.20. The fourth-order valence-corrected chi connectivity index (χ4v) is 2.10. The predicted molar refractivity (Wildman–Crippen MR) is 71.6 cm³/mol. The van der Waals surface area contributed by atoms with Gasteiger partial charge in [-0.3, -0.25) is 0 Å². The molecule has 3 heteroatoms. The average molecular weight is 258 g/mol. The number of esters is 1. The van der Waals surface area contributed by atoms with Crippen molar-refractivity contribution < 1.29 is 13.9 Å². The third-order valence-electron chi connectivity index (χ3n) is 3.04. The molecule has 2 aromatic carbocycles. The van der Waals surface area contributed by atoms with E-state index in [0.717, 1.165) is 11.1 Å². The molecule has 2 rings (SSSR count). The predicted octanol–water partition coefficient (Wildman–Crippen LogP) is 3.33. The largest absolute Gasteiger partial charge is 0.467 e. The summed E-state index contributed by atoms with van der Waals surface area (Å²) in [5.41, 5.74) is 1.51. The minimum atomic E-state index is -1.71. The molecule has 0 heterocycles. The van der Waals surface area contributed by atoms with Crippen LogP contribution in [0.5, 0.6) is 0 Å². The summed E-state index contributed by atoms with van der Waals surface area (Å²) in [5, 5.41) is 0. The Morgan fingerprint density at radius 1 is 0.947 bits per heavy atom. The molecule has 19 heavy (non-hydrogen) atoms. The van der Waals surface area contributed by atoms with E-state index < -0.39 is 18.1 Å². The van der Waals surface area contributed by atoms with E-state index in [1.807, 2.05) is 60.7 Å². The maximum absolute atomic E-state index is 14.4. The highest BCUT2D eigenvalue weighted by atomic mass is 19.1. The Balaban J connectivity index is 2.43. The molecule has 0 amide bonds. The third-order valence-corrected chi connectivity index (χ3v) is 3.04. The lowest BCUT2D eigenvalue weighted by molar-refractivity contribution is -0.147. The highest BCUT2D eigenvalue weighted by Crippen LogP contribution is 2.30. The number of alkyl halides is 1.